The summed E-state index contributed by atoms with van der Waals surface area (Å²) in [5.74, 6) is -1.20. The summed E-state index contributed by atoms with van der Waals surface area (Å²) >= 11 is 13.9. The molecule has 15 heteroatoms. The number of aliphatic carboxylic acids is 1. The summed E-state index contributed by atoms with van der Waals surface area (Å²) in [6.07, 6.45) is 1.54. The third kappa shape index (κ3) is 6.70. The van der Waals surface area contributed by atoms with Gasteiger partial charge in [-0.3, -0.25) is 4.40 Å². The second kappa shape index (κ2) is 11.6. The monoisotopic (exact) mass is 597 g/mol. The van der Waals surface area contributed by atoms with Crippen LogP contribution in [0.1, 0.15) is 22.7 Å². The van der Waals surface area contributed by atoms with Crippen molar-refractivity contribution in [3.63, 3.8) is 0 Å². The van der Waals surface area contributed by atoms with Gasteiger partial charge in [0.1, 0.15) is 16.6 Å². The fourth-order valence-electron chi connectivity index (χ4n) is 4.17. The van der Waals surface area contributed by atoms with Crippen LogP contribution in [-0.2, 0) is 11.2 Å². The van der Waals surface area contributed by atoms with Crippen LogP contribution in [0, 0.1) is 17.2 Å². The fraction of sp³-hybridized carbons (Fsp3) is 0.292. The van der Waals surface area contributed by atoms with E-state index in [0.717, 1.165) is 60.2 Å². The number of hydrogen-bond donors (Lipinski definition) is 2. The SMILES string of the molecule is N#Cc1sc(CC2CCCN(c3nc(-c4ccc(Cl)cc4Cl)cc4nccn34)C2)nc1N.O=C(O)C(F)(F)F. The highest BCUT2D eigenvalue weighted by molar-refractivity contribution is 7.12. The van der Waals surface area contributed by atoms with E-state index in [-0.39, 0.29) is 0 Å². The molecular weight excluding hydrogens is 578 g/mol. The number of hydrogen-bond acceptors (Lipinski definition) is 8. The molecule has 39 heavy (non-hydrogen) atoms. The van der Waals surface area contributed by atoms with Gasteiger partial charge in [0, 0.05) is 48.6 Å². The van der Waals surface area contributed by atoms with Gasteiger partial charge in [-0.25, -0.2) is 19.7 Å². The Morgan fingerprint density at radius 1 is 1.28 bits per heavy atom. The second-order valence-corrected chi connectivity index (χ2v) is 10.5. The van der Waals surface area contributed by atoms with Crippen LogP contribution in [0.15, 0.2) is 36.7 Å². The van der Waals surface area contributed by atoms with E-state index in [4.69, 9.17) is 49.1 Å². The van der Waals surface area contributed by atoms with Crippen LogP contribution in [0.4, 0.5) is 24.9 Å². The van der Waals surface area contributed by atoms with Crippen LogP contribution in [0.2, 0.25) is 10.0 Å². The molecule has 0 radical (unpaired) electrons. The van der Waals surface area contributed by atoms with Crippen molar-refractivity contribution < 1.29 is 23.1 Å². The average molecular weight is 598 g/mol. The highest BCUT2D eigenvalue weighted by Gasteiger charge is 2.38. The first-order chi connectivity index (χ1) is 18.5. The average Bonchev–Trinajstić information content (AvgIpc) is 3.49. The number of carboxylic acids is 1. The molecule has 1 fully saturated rings. The van der Waals surface area contributed by atoms with Crippen LogP contribution in [0.5, 0.6) is 0 Å². The summed E-state index contributed by atoms with van der Waals surface area (Å²) in [6, 6.07) is 9.47. The number of carbonyl (C=O) groups is 1. The van der Waals surface area contributed by atoms with Gasteiger partial charge in [0.05, 0.1) is 15.7 Å². The Balaban J connectivity index is 0.000000448. The van der Waals surface area contributed by atoms with Crippen LogP contribution < -0.4 is 10.6 Å². The smallest absolute Gasteiger partial charge is 0.475 e. The molecule has 1 aliphatic rings. The predicted molar refractivity (Wildman–Crippen MR) is 142 cm³/mol. The Morgan fingerprint density at radius 2 is 2.03 bits per heavy atom. The Labute approximate surface area is 234 Å². The number of nitriles is 1. The Hall–Kier alpha value is -3.60. The molecule has 9 nitrogen and oxygen atoms in total. The van der Waals surface area contributed by atoms with Crippen LogP contribution in [0.3, 0.4) is 0 Å². The molecule has 1 aliphatic heterocycles. The minimum Gasteiger partial charge on any atom is -0.475 e. The van der Waals surface area contributed by atoms with E-state index in [1.54, 1.807) is 12.3 Å². The van der Waals surface area contributed by atoms with Crippen LogP contribution in [0.25, 0.3) is 16.9 Å². The lowest BCUT2D eigenvalue weighted by Gasteiger charge is -2.33. The number of nitrogen functional groups attached to an aromatic ring is 1. The van der Waals surface area contributed by atoms with Gasteiger partial charge in [-0.15, -0.1) is 11.3 Å². The van der Waals surface area contributed by atoms with Gasteiger partial charge in [0.15, 0.2) is 5.82 Å². The lowest BCUT2D eigenvalue weighted by atomic mass is 9.95. The molecule has 0 spiro atoms. The zero-order chi connectivity index (χ0) is 28.3. The van der Waals surface area contributed by atoms with Crippen LogP contribution in [-0.4, -0.2) is 49.7 Å². The number of nitrogens with zero attached hydrogens (tertiary/aromatic N) is 6. The van der Waals surface area contributed by atoms with Crippen molar-refractivity contribution in [2.24, 2.45) is 5.92 Å². The van der Waals surface area contributed by atoms with E-state index >= 15 is 0 Å². The number of aromatic nitrogens is 4. The largest absolute Gasteiger partial charge is 0.490 e. The topological polar surface area (TPSA) is 133 Å². The maximum Gasteiger partial charge on any atom is 0.490 e. The van der Waals surface area contributed by atoms with E-state index in [9.17, 15) is 13.2 Å². The van der Waals surface area contributed by atoms with Gasteiger partial charge in [-0.2, -0.15) is 18.4 Å². The van der Waals surface area contributed by atoms with E-state index in [1.165, 1.54) is 11.3 Å². The number of nitrogens with two attached hydrogens (primary N) is 1. The van der Waals surface area contributed by atoms with Gasteiger partial charge in [0.2, 0.25) is 5.95 Å². The maximum absolute atomic E-state index is 10.6. The van der Waals surface area contributed by atoms with Gasteiger partial charge < -0.3 is 15.7 Å². The number of carboxylic acid groups (broad SMARTS) is 1. The molecule has 3 aromatic heterocycles. The molecule has 0 aliphatic carbocycles. The summed E-state index contributed by atoms with van der Waals surface area (Å²) in [5.41, 5.74) is 8.23. The third-order valence-electron chi connectivity index (χ3n) is 5.89. The van der Waals surface area contributed by atoms with E-state index in [2.05, 4.69) is 20.9 Å². The normalized spacial score (nSPS) is 15.5. The lowest BCUT2D eigenvalue weighted by Crippen LogP contribution is -2.38. The Bertz CT molecular complexity index is 1550. The fourth-order valence-corrected chi connectivity index (χ4v) is 5.57. The summed E-state index contributed by atoms with van der Waals surface area (Å²) in [7, 11) is 0. The molecule has 1 saturated heterocycles. The quantitative estimate of drug-likeness (QED) is 0.306. The van der Waals surface area contributed by atoms with Crippen molar-refractivity contribution in [1.29, 1.82) is 5.26 Å². The van der Waals surface area contributed by atoms with Crippen molar-refractivity contribution >= 4 is 57.9 Å². The first-order valence-corrected chi connectivity index (χ1v) is 13.0. The minimum absolute atomic E-state index is 0.328. The third-order valence-corrected chi connectivity index (χ3v) is 7.43. The highest BCUT2D eigenvalue weighted by atomic mass is 35.5. The van der Waals surface area contributed by atoms with E-state index in [0.29, 0.717) is 26.7 Å². The van der Waals surface area contributed by atoms with Gasteiger partial charge in [0.25, 0.3) is 0 Å². The van der Waals surface area contributed by atoms with Crippen molar-refractivity contribution in [3.05, 3.63) is 56.6 Å². The summed E-state index contributed by atoms with van der Waals surface area (Å²) < 4.78 is 33.7. The number of thiazole rings is 1. The van der Waals surface area contributed by atoms with Crippen molar-refractivity contribution in [3.8, 4) is 17.3 Å². The summed E-state index contributed by atoms with van der Waals surface area (Å²) in [4.78, 5) is 25.5. The Kier molecular flexibility index (Phi) is 8.48. The minimum atomic E-state index is -5.08. The molecule has 4 aromatic rings. The number of rotatable bonds is 4. The molecule has 1 unspecified atom stereocenters. The molecule has 1 atom stereocenters. The van der Waals surface area contributed by atoms with Crippen molar-refractivity contribution in [2.75, 3.05) is 23.7 Å². The summed E-state index contributed by atoms with van der Waals surface area (Å²) in [5, 5.41) is 18.3. The maximum atomic E-state index is 10.6. The van der Waals surface area contributed by atoms with Crippen molar-refractivity contribution in [2.45, 2.75) is 25.4 Å². The first-order valence-electron chi connectivity index (χ1n) is 11.5. The number of piperidine rings is 1. The number of alkyl halides is 3. The number of halogens is 5. The van der Waals surface area contributed by atoms with Gasteiger partial charge >= 0.3 is 12.1 Å². The zero-order valence-corrected chi connectivity index (χ0v) is 22.3. The second-order valence-electron chi connectivity index (χ2n) is 8.62. The highest BCUT2D eigenvalue weighted by Crippen LogP contribution is 2.33. The number of benzene rings is 1. The van der Waals surface area contributed by atoms with E-state index < -0.39 is 12.1 Å². The molecule has 0 bridgehead atoms. The molecule has 0 saturated carbocycles. The standard InChI is InChI=1S/C22H19Cl2N7S.C2HF3O2/c23-14-3-4-15(16(24)9-14)17-10-19-27-5-7-31(19)22(28-17)30-6-1-2-13(12-30)8-20-29-21(26)18(11-25)32-20;3-2(4,5)1(6)7/h3-5,7,9-10,13H,1-2,6,8,12,26H2;(H,6,7). The molecule has 0 amide bonds. The van der Waals surface area contributed by atoms with Gasteiger partial charge in [-0.05, 0) is 37.0 Å². The zero-order valence-electron chi connectivity index (χ0n) is 20.0. The van der Waals surface area contributed by atoms with Crippen LogP contribution >= 0.6 is 34.5 Å². The van der Waals surface area contributed by atoms with Crippen molar-refractivity contribution in [1.82, 2.24) is 19.4 Å². The number of imidazole rings is 1. The number of anilines is 2. The molecule has 5 rings (SSSR count). The van der Waals surface area contributed by atoms with Gasteiger partial charge in [-0.1, -0.05) is 23.2 Å². The molecule has 3 N–H and O–H groups in total. The summed E-state index contributed by atoms with van der Waals surface area (Å²) in [6.45, 7) is 1.73. The Morgan fingerprint density at radius 3 is 2.67 bits per heavy atom. The molecule has 1 aromatic carbocycles. The predicted octanol–water partition coefficient (Wildman–Crippen LogP) is 5.71. The molecule has 4 heterocycles. The lowest BCUT2D eigenvalue weighted by molar-refractivity contribution is -0.192. The first kappa shape index (κ1) is 28.4. The molecule has 204 valence electrons. The van der Waals surface area contributed by atoms with E-state index in [1.807, 2.05) is 28.8 Å². The number of fused-ring (bicyclic) bond motifs is 1. The molecular formula is C24H20Cl2F3N7O2S.